The van der Waals surface area contributed by atoms with E-state index in [0.29, 0.717) is 12.3 Å². The number of anilines is 1. The van der Waals surface area contributed by atoms with Gasteiger partial charge in [-0.1, -0.05) is 35.5 Å². The Morgan fingerprint density at radius 3 is 2.74 bits per heavy atom. The van der Waals surface area contributed by atoms with Gasteiger partial charge in [-0.2, -0.15) is 0 Å². The Kier molecular flexibility index (Phi) is 4.95. The van der Waals surface area contributed by atoms with Crippen molar-refractivity contribution in [3.63, 3.8) is 0 Å². The topological polar surface area (TPSA) is 58.4 Å². The molecule has 1 aliphatic rings. The first kappa shape index (κ1) is 15.6. The maximum atomic E-state index is 12.3. The number of carbonyl (C=O) groups excluding carboxylic acids is 1. The molecule has 1 atom stereocenters. The molecule has 5 nitrogen and oxygen atoms in total. The minimum Gasteiger partial charge on any atom is -0.351 e. The Balaban J connectivity index is 1.54. The molecule has 1 N–H and O–H groups in total. The van der Waals surface area contributed by atoms with Crippen molar-refractivity contribution in [2.75, 3.05) is 18.4 Å². The fourth-order valence-corrected chi connectivity index (χ4v) is 2.92. The molecule has 5 heteroatoms. The average molecular weight is 313 g/mol. The summed E-state index contributed by atoms with van der Waals surface area (Å²) in [5.41, 5.74) is 1.81. The molecule has 0 radical (unpaired) electrons. The van der Waals surface area contributed by atoms with Gasteiger partial charge in [-0.25, -0.2) is 0 Å². The second kappa shape index (κ2) is 7.31. The summed E-state index contributed by atoms with van der Waals surface area (Å²) >= 11 is 0. The number of benzene rings is 1. The fourth-order valence-electron chi connectivity index (χ4n) is 2.92. The molecule has 3 rings (SSSR count). The summed E-state index contributed by atoms with van der Waals surface area (Å²) < 4.78 is 5.33. The van der Waals surface area contributed by atoms with Crippen LogP contribution in [-0.2, 0) is 4.79 Å². The number of carbonyl (C=O) groups is 1. The van der Waals surface area contributed by atoms with Crippen LogP contribution in [0.4, 0.5) is 5.88 Å². The van der Waals surface area contributed by atoms with Crippen molar-refractivity contribution in [3.05, 3.63) is 36.4 Å². The molecule has 122 valence electrons. The smallest absolute Gasteiger partial charge is 0.225 e. The van der Waals surface area contributed by atoms with Crippen molar-refractivity contribution in [2.24, 2.45) is 0 Å². The molecule has 0 saturated carbocycles. The third-order valence-electron chi connectivity index (χ3n) is 4.16. The first-order chi connectivity index (χ1) is 11.2. The van der Waals surface area contributed by atoms with E-state index in [1.54, 1.807) is 0 Å². The summed E-state index contributed by atoms with van der Waals surface area (Å²) in [6, 6.07) is 11.8. The highest BCUT2D eigenvalue weighted by atomic mass is 16.5. The zero-order chi connectivity index (χ0) is 16.1. The lowest BCUT2D eigenvalue weighted by Crippen LogP contribution is -2.38. The molecule has 23 heavy (non-hydrogen) atoms. The summed E-state index contributed by atoms with van der Waals surface area (Å²) in [7, 11) is 0. The largest absolute Gasteiger partial charge is 0.351 e. The van der Waals surface area contributed by atoms with Crippen molar-refractivity contribution in [1.82, 2.24) is 10.1 Å². The predicted octanol–water partition coefficient (Wildman–Crippen LogP) is 3.54. The van der Waals surface area contributed by atoms with E-state index in [1.165, 1.54) is 6.42 Å². The molecule has 1 aromatic heterocycles. The van der Waals surface area contributed by atoms with Crippen LogP contribution in [0.2, 0.25) is 0 Å². The van der Waals surface area contributed by atoms with Crippen LogP contribution in [0.1, 0.15) is 32.6 Å². The van der Waals surface area contributed by atoms with E-state index in [1.807, 2.05) is 48.2 Å². The Morgan fingerprint density at radius 1 is 1.26 bits per heavy atom. The molecule has 0 bridgehead atoms. The number of hydrogen-bond donors (Lipinski definition) is 1. The summed E-state index contributed by atoms with van der Waals surface area (Å²) in [4.78, 5) is 14.2. The van der Waals surface area contributed by atoms with Gasteiger partial charge in [0.25, 0.3) is 0 Å². The van der Waals surface area contributed by atoms with Gasteiger partial charge < -0.3 is 14.7 Å². The van der Waals surface area contributed by atoms with Gasteiger partial charge in [0.2, 0.25) is 11.8 Å². The SMILES string of the molecule is CC(CC(=O)N1CCCCC1)Nc1cc(-c2ccccc2)no1. The van der Waals surface area contributed by atoms with E-state index < -0.39 is 0 Å². The van der Waals surface area contributed by atoms with Gasteiger partial charge in [-0.05, 0) is 26.2 Å². The van der Waals surface area contributed by atoms with Crippen LogP contribution < -0.4 is 5.32 Å². The van der Waals surface area contributed by atoms with Crippen molar-refractivity contribution in [1.29, 1.82) is 0 Å². The standard InChI is InChI=1S/C18H23N3O2/c1-14(12-18(22)21-10-6-3-7-11-21)19-17-13-16(20-23-17)15-8-4-2-5-9-15/h2,4-5,8-9,13-14,19H,3,6-7,10-12H2,1H3. The van der Waals surface area contributed by atoms with Gasteiger partial charge in [0, 0.05) is 37.2 Å². The number of nitrogens with zero attached hydrogens (tertiary/aromatic N) is 2. The monoisotopic (exact) mass is 313 g/mol. The van der Waals surface area contributed by atoms with E-state index in [4.69, 9.17) is 4.52 Å². The van der Waals surface area contributed by atoms with Gasteiger partial charge in [0.05, 0.1) is 0 Å². The highest BCUT2D eigenvalue weighted by molar-refractivity contribution is 5.77. The Bertz CT molecular complexity index is 633. The van der Waals surface area contributed by atoms with E-state index in [-0.39, 0.29) is 11.9 Å². The maximum Gasteiger partial charge on any atom is 0.225 e. The molecule has 1 aliphatic heterocycles. The average Bonchev–Trinajstić information content (AvgIpc) is 3.04. The van der Waals surface area contributed by atoms with Crippen LogP contribution in [0, 0.1) is 0 Å². The third-order valence-corrected chi connectivity index (χ3v) is 4.16. The molecule has 2 aromatic rings. The number of amides is 1. The highest BCUT2D eigenvalue weighted by Crippen LogP contribution is 2.22. The molecule has 0 spiro atoms. The van der Waals surface area contributed by atoms with E-state index in [9.17, 15) is 4.79 Å². The summed E-state index contributed by atoms with van der Waals surface area (Å²) in [5.74, 6) is 0.815. The Morgan fingerprint density at radius 2 is 2.00 bits per heavy atom. The summed E-state index contributed by atoms with van der Waals surface area (Å²) in [5, 5.41) is 7.30. The minimum atomic E-state index is 0.0148. The van der Waals surface area contributed by atoms with Crippen molar-refractivity contribution in [3.8, 4) is 11.3 Å². The molecule has 1 unspecified atom stereocenters. The lowest BCUT2D eigenvalue weighted by atomic mass is 10.1. The quantitative estimate of drug-likeness (QED) is 0.917. The summed E-state index contributed by atoms with van der Waals surface area (Å²) in [6.07, 6.45) is 3.95. The van der Waals surface area contributed by atoms with Gasteiger partial charge in [0.1, 0.15) is 5.69 Å². The second-order valence-electron chi connectivity index (χ2n) is 6.13. The van der Waals surface area contributed by atoms with Crippen LogP contribution in [0.3, 0.4) is 0 Å². The van der Waals surface area contributed by atoms with E-state index in [2.05, 4.69) is 10.5 Å². The van der Waals surface area contributed by atoms with Crippen LogP contribution in [0.5, 0.6) is 0 Å². The lowest BCUT2D eigenvalue weighted by molar-refractivity contribution is -0.132. The minimum absolute atomic E-state index is 0.0148. The molecule has 2 heterocycles. The molecule has 1 fully saturated rings. The molecular formula is C18H23N3O2. The third kappa shape index (κ3) is 4.12. The van der Waals surface area contributed by atoms with Gasteiger partial charge in [0.15, 0.2) is 0 Å². The highest BCUT2D eigenvalue weighted by Gasteiger charge is 2.19. The van der Waals surface area contributed by atoms with Crippen molar-refractivity contribution < 1.29 is 9.32 Å². The molecule has 1 aromatic carbocycles. The number of nitrogens with one attached hydrogen (secondary N) is 1. The van der Waals surface area contributed by atoms with Gasteiger partial charge >= 0.3 is 0 Å². The predicted molar refractivity (Wildman–Crippen MR) is 90.1 cm³/mol. The van der Waals surface area contributed by atoms with Gasteiger partial charge in [-0.15, -0.1) is 0 Å². The Labute approximate surface area is 136 Å². The van der Waals surface area contributed by atoms with Crippen LogP contribution in [-0.4, -0.2) is 35.1 Å². The zero-order valence-corrected chi connectivity index (χ0v) is 13.5. The molecular weight excluding hydrogens is 290 g/mol. The number of hydrogen-bond acceptors (Lipinski definition) is 4. The normalized spacial score (nSPS) is 16.1. The summed E-state index contributed by atoms with van der Waals surface area (Å²) in [6.45, 7) is 3.78. The first-order valence-corrected chi connectivity index (χ1v) is 8.29. The van der Waals surface area contributed by atoms with Crippen molar-refractivity contribution >= 4 is 11.8 Å². The van der Waals surface area contributed by atoms with Crippen LogP contribution >= 0.6 is 0 Å². The zero-order valence-electron chi connectivity index (χ0n) is 13.5. The van der Waals surface area contributed by atoms with Crippen LogP contribution in [0.25, 0.3) is 11.3 Å². The lowest BCUT2D eigenvalue weighted by Gasteiger charge is -2.27. The molecule has 1 saturated heterocycles. The van der Waals surface area contributed by atoms with Crippen LogP contribution in [0.15, 0.2) is 40.9 Å². The number of rotatable bonds is 5. The number of piperidine rings is 1. The first-order valence-electron chi connectivity index (χ1n) is 8.29. The Hall–Kier alpha value is -2.30. The number of likely N-dealkylation sites (tertiary alicyclic amines) is 1. The fraction of sp³-hybridized carbons (Fsp3) is 0.444. The molecule has 0 aliphatic carbocycles. The van der Waals surface area contributed by atoms with E-state index >= 15 is 0 Å². The van der Waals surface area contributed by atoms with Crippen molar-refractivity contribution in [2.45, 2.75) is 38.6 Å². The molecule has 1 amide bonds. The van der Waals surface area contributed by atoms with E-state index in [0.717, 1.165) is 37.2 Å². The number of aromatic nitrogens is 1. The second-order valence-corrected chi connectivity index (χ2v) is 6.13. The maximum absolute atomic E-state index is 12.3. The van der Waals surface area contributed by atoms with Gasteiger partial charge in [-0.3, -0.25) is 4.79 Å².